The highest BCUT2D eigenvalue weighted by atomic mass is 15.2. The quantitative estimate of drug-likeness (QED) is 0.610. The van der Waals surface area contributed by atoms with Gasteiger partial charge in [0.2, 0.25) is 0 Å². The molecule has 0 spiro atoms. The Balaban J connectivity index is 2.03. The Morgan fingerprint density at radius 3 is 2.77 bits per heavy atom. The lowest BCUT2D eigenvalue weighted by Crippen LogP contribution is -2.32. The monoisotopic (exact) mass is 185 g/mol. The number of nitrogens with one attached hydrogen (secondary N) is 1. The third-order valence-electron chi connectivity index (χ3n) is 2.95. The Morgan fingerprint density at radius 1 is 1.46 bits per heavy atom. The van der Waals surface area contributed by atoms with E-state index in [2.05, 4.69) is 24.2 Å². The summed E-state index contributed by atoms with van der Waals surface area (Å²) in [4.78, 5) is 2.42. The van der Waals surface area contributed by atoms with Crippen molar-refractivity contribution in [3.63, 3.8) is 0 Å². The van der Waals surface area contributed by atoms with E-state index in [9.17, 15) is 0 Å². The number of hydrogen-bond acceptors (Lipinski definition) is 3. The molecular formula is C10H23N3. The molecule has 0 saturated carbocycles. The van der Waals surface area contributed by atoms with Crippen molar-refractivity contribution in [3.8, 4) is 0 Å². The van der Waals surface area contributed by atoms with Crippen molar-refractivity contribution in [1.29, 1.82) is 0 Å². The van der Waals surface area contributed by atoms with Crippen molar-refractivity contribution in [2.24, 2.45) is 5.73 Å². The average Bonchev–Trinajstić information content (AvgIpc) is 2.41. The van der Waals surface area contributed by atoms with Crippen LogP contribution in [0, 0.1) is 0 Å². The molecule has 0 amide bonds. The molecule has 1 fully saturated rings. The Labute approximate surface area is 81.7 Å². The topological polar surface area (TPSA) is 41.3 Å². The molecular weight excluding hydrogens is 162 g/mol. The summed E-state index contributed by atoms with van der Waals surface area (Å²) in [7, 11) is 2.20. The van der Waals surface area contributed by atoms with Gasteiger partial charge in [-0.2, -0.15) is 0 Å². The lowest BCUT2D eigenvalue weighted by atomic mass is 10.2. The lowest BCUT2D eigenvalue weighted by Gasteiger charge is -2.13. The molecule has 0 aliphatic carbocycles. The fraction of sp³-hybridized carbons (Fsp3) is 1.00. The molecule has 78 valence electrons. The molecule has 2 atom stereocenters. The summed E-state index contributed by atoms with van der Waals surface area (Å²) >= 11 is 0. The predicted molar refractivity (Wildman–Crippen MR) is 56.8 cm³/mol. The zero-order valence-corrected chi connectivity index (χ0v) is 8.92. The number of likely N-dealkylation sites (N-methyl/N-ethyl adjacent to an activating group) is 1. The predicted octanol–water partition coefficient (Wildman–Crippen LogP) is 0.408. The van der Waals surface area contributed by atoms with E-state index >= 15 is 0 Å². The zero-order valence-electron chi connectivity index (χ0n) is 8.92. The number of hydrogen-bond donors (Lipinski definition) is 2. The highest BCUT2D eigenvalue weighted by molar-refractivity contribution is 4.84. The lowest BCUT2D eigenvalue weighted by molar-refractivity contribution is 0.326. The van der Waals surface area contributed by atoms with Gasteiger partial charge in [-0.25, -0.2) is 0 Å². The molecule has 3 heteroatoms. The second kappa shape index (κ2) is 5.58. The van der Waals surface area contributed by atoms with E-state index in [0.717, 1.165) is 25.6 Å². The van der Waals surface area contributed by atoms with Crippen LogP contribution in [0.3, 0.4) is 0 Å². The van der Waals surface area contributed by atoms with Gasteiger partial charge in [0.05, 0.1) is 0 Å². The summed E-state index contributed by atoms with van der Waals surface area (Å²) in [5, 5.41) is 3.58. The molecule has 3 nitrogen and oxygen atoms in total. The molecule has 1 rings (SSSR count). The first-order valence-electron chi connectivity index (χ1n) is 5.37. The highest BCUT2D eigenvalue weighted by Gasteiger charge is 2.24. The van der Waals surface area contributed by atoms with Crippen LogP contribution in [0.25, 0.3) is 0 Å². The minimum atomic E-state index is 0.706. The zero-order chi connectivity index (χ0) is 9.68. The first-order valence-corrected chi connectivity index (χ1v) is 5.37. The van der Waals surface area contributed by atoms with Crippen molar-refractivity contribution in [2.45, 2.75) is 38.3 Å². The van der Waals surface area contributed by atoms with Crippen LogP contribution in [0.2, 0.25) is 0 Å². The smallest absolute Gasteiger partial charge is 0.0209 e. The van der Waals surface area contributed by atoms with Crippen molar-refractivity contribution < 1.29 is 0 Å². The standard InChI is InChI=1S/C10H23N3/c1-9-7-10(8-13(9)2)12-6-4-3-5-11/h9-10,12H,3-8,11H2,1-2H3. The van der Waals surface area contributed by atoms with Crippen LogP contribution in [0.4, 0.5) is 0 Å². The normalized spacial score (nSPS) is 29.8. The van der Waals surface area contributed by atoms with Crippen LogP contribution in [0.1, 0.15) is 26.2 Å². The molecule has 1 saturated heterocycles. The first kappa shape index (κ1) is 11.0. The van der Waals surface area contributed by atoms with E-state index in [-0.39, 0.29) is 0 Å². The number of unbranched alkanes of at least 4 members (excludes halogenated alkanes) is 1. The molecule has 0 aromatic carbocycles. The maximum Gasteiger partial charge on any atom is 0.0209 e. The highest BCUT2D eigenvalue weighted by Crippen LogP contribution is 2.14. The summed E-state index contributed by atoms with van der Waals surface area (Å²) < 4.78 is 0. The summed E-state index contributed by atoms with van der Waals surface area (Å²) in [6.07, 6.45) is 3.65. The molecule has 1 aliphatic rings. The molecule has 1 heterocycles. The number of nitrogens with zero attached hydrogens (tertiary/aromatic N) is 1. The minimum Gasteiger partial charge on any atom is -0.330 e. The van der Waals surface area contributed by atoms with E-state index < -0.39 is 0 Å². The van der Waals surface area contributed by atoms with Gasteiger partial charge in [0.15, 0.2) is 0 Å². The van der Waals surface area contributed by atoms with Crippen LogP contribution in [-0.2, 0) is 0 Å². The van der Waals surface area contributed by atoms with Gasteiger partial charge >= 0.3 is 0 Å². The molecule has 0 aromatic heterocycles. The van der Waals surface area contributed by atoms with Crippen LogP contribution in [-0.4, -0.2) is 43.7 Å². The maximum absolute atomic E-state index is 5.43. The number of nitrogens with two attached hydrogens (primary N) is 1. The minimum absolute atomic E-state index is 0.706. The SMILES string of the molecule is CC1CC(NCCCCN)CN1C. The van der Waals surface area contributed by atoms with E-state index in [1.165, 1.54) is 19.4 Å². The van der Waals surface area contributed by atoms with Crippen LogP contribution in [0.5, 0.6) is 0 Å². The van der Waals surface area contributed by atoms with Gasteiger partial charge in [-0.3, -0.25) is 0 Å². The second-order valence-electron chi connectivity index (χ2n) is 4.17. The molecule has 1 aliphatic heterocycles. The Hall–Kier alpha value is -0.120. The Morgan fingerprint density at radius 2 is 2.23 bits per heavy atom. The van der Waals surface area contributed by atoms with Crippen molar-refractivity contribution in [3.05, 3.63) is 0 Å². The van der Waals surface area contributed by atoms with Gasteiger partial charge < -0.3 is 16.0 Å². The van der Waals surface area contributed by atoms with Gasteiger partial charge in [-0.15, -0.1) is 0 Å². The van der Waals surface area contributed by atoms with Crippen molar-refractivity contribution >= 4 is 0 Å². The van der Waals surface area contributed by atoms with Crippen LogP contribution >= 0.6 is 0 Å². The number of likely N-dealkylation sites (tertiary alicyclic amines) is 1. The van der Waals surface area contributed by atoms with E-state index in [1.54, 1.807) is 0 Å². The summed E-state index contributed by atoms with van der Waals surface area (Å²) in [5.41, 5.74) is 5.43. The van der Waals surface area contributed by atoms with Gasteiger partial charge in [0.1, 0.15) is 0 Å². The largest absolute Gasteiger partial charge is 0.330 e. The molecule has 13 heavy (non-hydrogen) atoms. The van der Waals surface area contributed by atoms with Crippen molar-refractivity contribution in [1.82, 2.24) is 10.2 Å². The molecule has 0 aromatic rings. The van der Waals surface area contributed by atoms with Gasteiger partial charge in [0, 0.05) is 18.6 Å². The molecule has 0 radical (unpaired) electrons. The summed E-state index contributed by atoms with van der Waals surface area (Å²) in [5.74, 6) is 0. The first-order chi connectivity index (χ1) is 6.24. The second-order valence-corrected chi connectivity index (χ2v) is 4.17. The molecule has 3 N–H and O–H groups in total. The maximum atomic E-state index is 5.43. The fourth-order valence-electron chi connectivity index (χ4n) is 1.92. The van der Waals surface area contributed by atoms with Gasteiger partial charge in [-0.05, 0) is 46.3 Å². The van der Waals surface area contributed by atoms with E-state index in [0.29, 0.717) is 6.04 Å². The van der Waals surface area contributed by atoms with Gasteiger partial charge in [-0.1, -0.05) is 0 Å². The third kappa shape index (κ3) is 3.63. The van der Waals surface area contributed by atoms with Crippen molar-refractivity contribution in [2.75, 3.05) is 26.7 Å². The average molecular weight is 185 g/mol. The van der Waals surface area contributed by atoms with E-state index in [4.69, 9.17) is 5.73 Å². The third-order valence-corrected chi connectivity index (χ3v) is 2.95. The summed E-state index contributed by atoms with van der Waals surface area (Å²) in [6.45, 7) is 5.44. The van der Waals surface area contributed by atoms with E-state index in [1.807, 2.05) is 0 Å². The van der Waals surface area contributed by atoms with Gasteiger partial charge in [0.25, 0.3) is 0 Å². The van der Waals surface area contributed by atoms with Crippen LogP contribution < -0.4 is 11.1 Å². The Kier molecular flexibility index (Phi) is 4.70. The molecule has 0 bridgehead atoms. The molecule has 2 unspecified atom stereocenters. The fourth-order valence-corrected chi connectivity index (χ4v) is 1.92. The summed E-state index contributed by atoms with van der Waals surface area (Å²) in [6, 6.07) is 1.45. The van der Waals surface area contributed by atoms with Crippen LogP contribution in [0.15, 0.2) is 0 Å². The Bertz CT molecular complexity index is 128. The number of rotatable bonds is 5.